The molecule has 3 rings (SSSR count). The maximum Gasteiger partial charge on any atom is 0.340 e. The quantitative estimate of drug-likeness (QED) is 0.690. The fraction of sp³-hybridized carbons (Fsp3) is 0.118. The maximum atomic E-state index is 13.1. The molecule has 0 aliphatic rings. The highest BCUT2D eigenvalue weighted by Crippen LogP contribution is 2.38. The van der Waals surface area contributed by atoms with Crippen molar-refractivity contribution in [2.75, 3.05) is 0 Å². The molecule has 0 fully saturated rings. The summed E-state index contributed by atoms with van der Waals surface area (Å²) in [5.41, 5.74) is 2.04. The predicted molar refractivity (Wildman–Crippen MR) is 85.6 cm³/mol. The van der Waals surface area contributed by atoms with Crippen LogP contribution in [0, 0.1) is 5.82 Å². The number of hydrogen-bond acceptors (Lipinski definition) is 2. The van der Waals surface area contributed by atoms with Crippen LogP contribution in [-0.4, -0.2) is 11.1 Å². The topological polar surface area (TPSA) is 50.4 Å². The predicted octanol–water partition coefficient (Wildman–Crippen LogP) is 5.26. The van der Waals surface area contributed by atoms with E-state index in [1.807, 2.05) is 13.0 Å². The summed E-state index contributed by atoms with van der Waals surface area (Å²) in [6, 6.07) is 9.17. The molecular weight excluding hydrogens is 351 g/mol. The SMILES string of the molecule is CCc1c(Br)ccc2oc(-c3ccc(F)cc3)c(C(=O)O)c12. The number of furan rings is 1. The van der Waals surface area contributed by atoms with E-state index in [0.717, 1.165) is 10.0 Å². The van der Waals surface area contributed by atoms with Gasteiger partial charge in [0, 0.05) is 15.4 Å². The monoisotopic (exact) mass is 362 g/mol. The Labute approximate surface area is 134 Å². The van der Waals surface area contributed by atoms with Crippen molar-refractivity contribution < 1.29 is 18.7 Å². The number of aryl methyl sites for hydroxylation is 1. The number of aromatic carboxylic acids is 1. The van der Waals surface area contributed by atoms with E-state index in [9.17, 15) is 14.3 Å². The van der Waals surface area contributed by atoms with Gasteiger partial charge in [-0.2, -0.15) is 0 Å². The number of fused-ring (bicyclic) bond motifs is 1. The zero-order valence-electron chi connectivity index (χ0n) is 11.7. The highest BCUT2D eigenvalue weighted by Gasteiger charge is 2.24. The molecule has 3 nitrogen and oxygen atoms in total. The van der Waals surface area contributed by atoms with Gasteiger partial charge in [-0.1, -0.05) is 22.9 Å². The van der Waals surface area contributed by atoms with Crippen LogP contribution in [0.1, 0.15) is 22.8 Å². The molecule has 0 atom stereocenters. The first-order chi connectivity index (χ1) is 10.5. The summed E-state index contributed by atoms with van der Waals surface area (Å²) in [5.74, 6) is -1.20. The molecule has 1 heterocycles. The lowest BCUT2D eigenvalue weighted by Crippen LogP contribution is -1.99. The van der Waals surface area contributed by atoms with Crippen LogP contribution in [0.2, 0.25) is 0 Å². The van der Waals surface area contributed by atoms with Crippen LogP contribution in [0.4, 0.5) is 4.39 Å². The van der Waals surface area contributed by atoms with Crippen molar-refractivity contribution in [2.45, 2.75) is 13.3 Å². The molecule has 3 aromatic rings. The molecular formula is C17H12BrFO3. The van der Waals surface area contributed by atoms with E-state index in [0.29, 0.717) is 23.0 Å². The summed E-state index contributed by atoms with van der Waals surface area (Å²) in [6.45, 7) is 1.95. The molecule has 5 heteroatoms. The summed E-state index contributed by atoms with van der Waals surface area (Å²) in [5, 5.41) is 10.2. The first-order valence-electron chi connectivity index (χ1n) is 6.76. The number of carboxylic acid groups (broad SMARTS) is 1. The molecule has 0 amide bonds. The highest BCUT2D eigenvalue weighted by atomic mass is 79.9. The van der Waals surface area contributed by atoms with E-state index in [2.05, 4.69) is 15.9 Å². The van der Waals surface area contributed by atoms with E-state index in [1.165, 1.54) is 24.3 Å². The molecule has 1 N–H and O–H groups in total. The van der Waals surface area contributed by atoms with E-state index in [1.54, 1.807) is 6.07 Å². The number of rotatable bonds is 3. The molecule has 2 aromatic carbocycles. The molecule has 0 aliphatic heterocycles. The zero-order valence-corrected chi connectivity index (χ0v) is 13.3. The third-order valence-corrected chi connectivity index (χ3v) is 4.32. The third kappa shape index (κ3) is 2.31. The first kappa shape index (κ1) is 14.8. The molecule has 0 spiro atoms. The zero-order chi connectivity index (χ0) is 15.9. The number of hydrogen-bond donors (Lipinski definition) is 1. The van der Waals surface area contributed by atoms with Gasteiger partial charge in [0.25, 0.3) is 0 Å². The molecule has 0 unspecified atom stereocenters. The Bertz CT molecular complexity index is 866. The summed E-state index contributed by atoms with van der Waals surface area (Å²) in [4.78, 5) is 11.8. The Morgan fingerprint density at radius 2 is 1.91 bits per heavy atom. The van der Waals surface area contributed by atoms with Gasteiger partial charge in [0.05, 0.1) is 0 Å². The van der Waals surface area contributed by atoms with Crippen LogP contribution in [0.3, 0.4) is 0 Å². The average molecular weight is 363 g/mol. The van der Waals surface area contributed by atoms with Crippen molar-refractivity contribution in [2.24, 2.45) is 0 Å². The summed E-state index contributed by atoms with van der Waals surface area (Å²) < 4.78 is 19.7. The molecule has 0 saturated carbocycles. The maximum absolute atomic E-state index is 13.1. The van der Waals surface area contributed by atoms with Crippen molar-refractivity contribution in [1.82, 2.24) is 0 Å². The van der Waals surface area contributed by atoms with Crippen LogP contribution < -0.4 is 0 Å². The van der Waals surface area contributed by atoms with Gasteiger partial charge in [0.1, 0.15) is 22.7 Å². The molecule has 1 aromatic heterocycles. The molecule has 0 bridgehead atoms. The summed E-state index contributed by atoms with van der Waals surface area (Å²) in [7, 11) is 0. The second-order valence-corrected chi connectivity index (χ2v) is 5.73. The van der Waals surface area contributed by atoms with Gasteiger partial charge in [0.2, 0.25) is 0 Å². The van der Waals surface area contributed by atoms with Crippen molar-refractivity contribution in [3.8, 4) is 11.3 Å². The highest BCUT2D eigenvalue weighted by molar-refractivity contribution is 9.10. The van der Waals surface area contributed by atoms with Gasteiger partial charge >= 0.3 is 5.97 Å². The lowest BCUT2D eigenvalue weighted by Gasteiger charge is -2.04. The number of benzene rings is 2. The van der Waals surface area contributed by atoms with Crippen LogP contribution >= 0.6 is 15.9 Å². The lowest BCUT2D eigenvalue weighted by atomic mass is 10.0. The average Bonchev–Trinajstić information content (AvgIpc) is 2.87. The third-order valence-electron chi connectivity index (χ3n) is 3.58. The standard InChI is InChI=1S/C17H12BrFO3/c1-2-11-12(18)7-8-13-14(11)15(17(20)21)16(22-13)9-3-5-10(19)6-4-9/h3-8H,2H2,1H3,(H,20,21). The van der Waals surface area contributed by atoms with Gasteiger partial charge < -0.3 is 9.52 Å². The normalized spacial score (nSPS) is 11.0. The van der Waals surface area contributed by atoms with Gasteiger partial charge in [-0.05, 0) is 48.4 Å². The number of carboxylic acids is 1. The largest absolute Gasteiger partial charge is 0.478 e. The Hall–Kier alpha value is -2.14. The van der Waals surface area contributed by atoms with E-state index >= 15 is 0 Å². The first-order valence-corrected chi connectivity index (χ1v) is 7.55. The van der Waals surface area contributed by atoms with E-state index in [-0.39, 0.29) is 17.1 Å². The second-order valence-electron chi connectivity index (χ2n) is 4.87. The fourth-order valence-corrected chi connectivity index (χ4v) is 3.20. The van der Waals surface area contributed by atoms with Gasteiger partial charge in [-0.15, -0.1) is 0 Å². The molecule has 112 valence electrons. The van der Waals surface area contributed by atoms with Crippen LogP contribution in [0.15, 0.2) is 45.3 Å². The second kappa shape index (κ2) is 5.57. The summed E-state index contributed by atoms with van der Waals surface area (Å²) in [6.07, 6.45) is 0.667. The van der Waals surface area contributed by atoms with Crippen LogP contribution in [-0.2, 0) is 6.42 Å². The Balaban J connectivity index is 2.38. The molecule has 22 heavy (non-hydrogen) atoms. The summed E-state index contributed by atoms with van der Waals surface area (Å²) >= 11 is 3.45. The van der Waals surface area contributed by atoms with Crippen molar-refractivity contribution in [3.63, 3.8) is 0 Å². The van der Waals surface area contributed by atoms with E-state index in [4.69, 9.17) is 4.42 Å². The Morgan fingerprint density at radius 3 is 2.50 bits per heavy atom. The van der Waals surface area contributed by atoms with Crippen molar-refractivity contribution in [3.05, 3.63) is 57.8 Å². The minimum Gasteiger partial charge on any atom is -0.478 e. The van der Waals surface area contributed by atoms with Crippen LogP contribution in [0.25, 0.3) is 22.3 Å². The Morgan fingerprint density at radius 1 is 1.23 bits per heavy atom. The van der Waals surface area contributed by atoms with E-state index < -0.39 is 5.97 Å². The van der Waals surface area contributed by atoms with Crippen LogP contribution in [0.5, 0.6) is 0 Å². The molecule has 0 saturated heterocycles. The minimum atomic E-state index is -1.06. The smallest absolute Gasteiger partial charge is 0.340 e. The fourth-order valence-electron chi connectivity index (χ4n) is 2.59. The minimum absolute atomic E-state index is 0.111. The van der Waals surface area contributed by atoms with Gasteiger partial charge in [-0.3, -0.25) is 0 Å². The number of halogens is 2. The molecule has 0 aliphatic carbocycles. The van der Waals surface area contributed by atoms with Gasteiger partial charge in [-0.25, -0.2) is 9.18 Å². The Kier molecular flexibility index (Phi) is 3.74. The van der Waals surface area contributed by atoms with Crippen molar-refractivity contribution in [1.29, 1.82) is 0 Å². The lowest BCUT2D eigenvalue weighted by molar-refractivity contribution is 0.0699. The van der Waals surface area contributed by atoms with Crippen molar-refractivity contribution >= 4 is 32.9 Å². The van der Waals surface area contributed by atoms with Gasteiger partial charge in [0.15, 0.2) is 0 Å². The molecule has 0 radical (unpaired) electrons. The number of carbonyl (C=O) groups is 1.